The van der Waals surface area contributed by atoms with Crippen LogP contribution in [0.5, 0.6) is 11.5 Å². The zero-order valence-electron chi connectivity index (χ0n) is 5.20. The molecular formula is C6H2Br3OZr. The molecule has 0 aliphatic carbocycles. The summed E-state index contributed by atoms with van der Waals surface area (Å²) in [6.45, 7) is 0. The van der Waals surface area contributed by atoms with Gasteiger partial charge in [0, 0.05) is 4.47 Å². The third-order valence-electron chi connectivity index (χ3n) is 1.18. The van der Waals surface area contributed by atoms with Gasteiger partial charge in [0.15, 0.2) is 11.5 Å². The van der Waals surface area contributed by atoms with Gasteiger partial charge in [0.1, 0.15) is 0 Å². The van der Waals surface area contributed by atoms with E-state index in [4.69, 9.17) is 4.74 Å². The summed E-state index contributed by atoms with van der Waals surface area (Å²) in [5, 5.41) is 0. The predicted octanol–water partition coefficient (Wildman–Crippen LogP) is 4.16. The van der Waals surface area contributed by atoms with Crippen LogP contribution in [-0.4, -0.2) is 0 Å². The van der Waals surface area contributed by atoms with Crippen molar-refractivity contribution >= 4 is 44.1 Å². The van der Waals surface area contributed by atoms with Crippen molar-refractivity contribution in [3.05, 3.63) is 21.1 Å². The second-order valence-electron chi connectivity index (χ2n) is 1.79. The Bertz CT molecular complexity index is 273. The van der Waals surface area contributed by atoms with Crippen LogP contribution in [-0.2, 0) is 22.4 Å². The van der Waals surface area contributed by atoms with E-state index in [1.165, 1.54) is 22.4 Å². The molecule has 0 unspecified atom stereocenters. The van der Waals surface area contributed by atoms with Crippen molar-refractivity contribution in [2.45, 2.75) is 0 Å². The zero-order chi connectivity index (χ0) is 8.43. The number of benzene rings is 1. The van der Waals surface area contributed by atoms with Crippen LogP contribution in [0.4, 0.5) is 0 Å². The van der Waals surface area contributed by atoms with Crippen LogP contribution in [0.15, 0.2) is 21.1 Å². The molecule has 57 valence electrons. The van der Waals surface area contributed by atoms with Gasteiger partial charge in [-0.25, -0.2) is 0 Å². The van der Waals surface area contributed by atoms with E-state index >= 15 is 0 Å². The van der Waals surface area contributed by atoms with Crippen molar-refractivity contribution in [2.24, 2.45) is 0 Å². The summed E-state index contributed by atoms with van der Waals surface area (Å²) in [6, 6.07) is 3.89. The molecule has 0 saturated carbocycles. The SMILES string of the molecule is Brc1ccc2c(c1Br)O2.[Br][Zr]. The van der Waals surface area contributed by atoms with Gasteiger partial charge in [-0.1, -0.05) is 0 Å². The normalized spacial score (nSPS) is 10.4. The molecule has 1 aromatic rings. The van der Waals surface area contributed by atoms with E-state index < -0.39 is 0 Å². The Kier molecular flexibility index (Phi) is 4.31. The summed E-state index contributed by atoms with van der Waals surface area (Å²) in [4.78, 5) is 0. The van der Waals surface area contributed by atoms with Crippen molar-refractivity contribution in [1.82, 2.24) is 0 Å². The van der Waals surface area contributed by atoms with Crippen molar-refractivity contribution in [3.63, 3.8) is 0 Å². The average Bonchev–Trinajstić information content (AvgIpc) is 2.81. The van der Waals surface area contributed by atoms with E-state index in [9.17, 15) is 0 Å². The van der Waals surface area contributed by atoms with Gasteiger partial charge in [0.05, 0.1) is 4.47 Å². The summed E-state index contributed by atoms with van der Waals surface area (Å²) in [5.74, 6) is 1.94. The topological polar surface area (TPSA) is 12.5 Å². The van der Waals surface area contributed by atoms with Crippen LogP contribution < -0.4 is 4.74 Å². The number of halogens is 3. The minimum atomic E-state index is 0.962. The Labute approximate surface area is 102 Å². The van der Waals surface area contributed by atoms with Gasteiger partial charge < -0.3 is 4.74 Å². The second kappa shape index (κ2) is 4.54. The van der Waals surface area contributed by atoms with Gasteiger partial charge in [0.2, 0.25) is 0 Å². The van der Waals surface area contributed by atoms with Gasteiger partial charge in [0.25, 0.3) is 0 Å². The molecule has 0 amide bonds. The molecule has 1 aliphatic rings. The Morgan fingerprint density at radius 1 is 1.18 bits per heavy atom. The summed E-state index contributed by atoms with van der Waals surface area (Å²) < 4.78 is 7.13. The minimum absolute atomic E-state index is 0.962. The predicted molar refractivity (Wildman–Crippen MR) is 50.8 cm³/mol. The van der Waals surface area contributed by atoms with Crippen LogP contribution in [0.25, 0.3) is 0 Å². The standard InChI is InChI=1S/C6H2Br2O.BrH.Zr/c7-3-1-2-4-6(9-4)5(3)8;;/h1-2H;1H;/q;;+1/p-1. The van der Waals surface area contributed by atoms with Gasteiger partial charge >= 0.3 is 34.6 Å². The van der Waals surface area contributed by atoms with Crippen molar-refractivity contribution in [1.29, 1.82) is 0 Å². The fraction of sp³-hybridized carbons (Fsp3) is 0. The third-order valence-corrected chi connectivity index (χ3v) is 3.16. The van der Waals surface area contributed by atoms with Crippen LogP contribution >= 0.6 is 44.1 Å². The molecular weight excluding hydrogens is 419 g/mol. The van der Waals surface area contributed by atoms with Crippen LogP contribution in [0.2, 0.25) is 0 Å². The third kappa shape index (κ3) is 2.39. The number of hydrogen-bond acceptors (Lipinski definition) is 1. The Balaban J connectivity index is 0.000000281. The molecule has 1 nitrogen and oxygen atoms in total. The van der Waals surface area contributed by atoms with Crippen LogP contribution in [0.1, 0.15) is 0 Å². The first-order chi connectivity index (χ1) is 5.29. The number of rotatable bonds is 0. The number of hydrogen-bond donors (Lipinski definition) is 0. The second-order valence-corrected chi connectivity index (χ2v) is 3.44. The first-order valence-electron chi connectivity index (χ1n) is 2.64. The first-order valence-corrected chi connectivity index (χ1v) is 9.84. The molecule has 2 rings (SSSR count). The molecule has 1 aliphatic heterocycles. The van der Waals surface area contributed by atoms with Gasteiger partial charge in [-0.2, -0.15) is 0 Å². The summed E-state index contributed by atoms with van der Waals surface area (Å²) >= 11 is 11.1. The molecule has 0 aromatic heterocycles. The molecule has 0 N–H and O–H groups in total. The molecule has 0 bridgehead atoms. The molecule has 0 spiro atoms. The van der Waals surface area contributed by atoms with E-state index in [1.807, 2.05) is 12.1 Å². The molecule has 1 aromatic carbocycles. The van der Waals surface area contributed by atoms with Gasteiger partial charge in [-0.3, -0.25) is 0 Å². The molecule has 5 heteroatoms. The molecule has 0 atom stereocenters. The van der Waals surface area contributed by atoms with E-state index in [0.29, 0.717) is 0 Å². The Morgan fingerprint density at radius 2 is 1.82 bits per heavy atom. The van der Waals surface area contributed by atoms with Crippen molar-refractivity contribution in [2.75, 3.05) is 0 Å². The maximum absolute atomic E-state index is 5.07. The van der Waals surface area contributed by atoms with E-state index in [0.717, 1.165) is 20.4 Å². The molecule has 11 heavy (non-hydrogen) atoms. The van der Waals surface area contributed by atoms with E-state index in [-0.39, 0.29) is 0 Å². The van der Waals surface area contributed by atoms with Gasteiger partial charge in [-0.15, -0.1) is 0 Å². The maximum atomic E-state index is 5.07. The van der Waals surface area contributed by atoms with E-state index in [1.54, 1.807) is 0 Å². The fourth-order valence-electron chi connectivity index (χ4n) is 0.678. The Morgan fingerprint density at radius 3 is 2.36 bits per heavy atom. The van der Waals surface area contributed by atoms with Crippen molar-refractivity contribution in [3.8, 4) is 11.5 Å². The fourth-order valence-corrected chi connectivity index (χ4v) is 1.40. The summed E-state index contributed by atoms with van der Waals surface area (Å²) in [7, 11) is 0. The summed E-state index contributed by atoms with van der Waals surface area (Å²) in [6.07, 6.45) is 0. The zero-order valence-corrected chi connectivity index (χ0v) is 12.4. The van der Waals surface area contributed by atoms with Gasteiger partial charge in [-0.05, 0) is 44.0 Å². The quantitative estimate of drug-likeness (QED) is 0.583. The molecule has 0 radical (unpaired) electrons. The number of ether oxygens (including phenoxy) is 1. The van der Waals surface area contributed by atoms with Crippen LogP contribution in [0, 0.1) is 0 Å². The first kappa shape index (κ1) is 10.4. The molecule has 0 fully saturated rings. The van der Waals surface area contributed by atoms with Crippen LogP contribution in [0.3, 0.4) is 0 Å². The molecule has 0 saturated heterocycles. The molecule has 1 heterocycles. The monoisotopic (exact) mass is 417 g/mol. The Hall–Kier alpha value is 1.34. The number of fused-ring (bicyclic) bond motifs is 1. The summed E-state index contributed by atoms with van der Waals surface area (Å²) in [5.41, 5.74) is 0. The average molecular weight is 421 g/mol. The van der Waals surface area contributed by atoms with Crippen molar-refractivity contribution < 1.29 is 27.1 Å². The van der Waals surface area contributed by atoms with E-state index in [2.05, 4.69) is 44.1 Å².